The van der Waals surface area contributed by atoms with Crippen LogP contribution in [0.4, 0.5) is 39.5 Å². The number of halogens is 9. The van der Waals surface area contributed by atoms with Gasteiger partial charge >= 0.3 is 45.2 Å². The highest BCUT2D eigenvalue weighted by Gasteiger charge is 2.62. The van der Waals surface area contributed by atoms with Gasteiger partial charge in [0.2, 0.25) is 0 Å². The van der Waals surface area contributed by atoms with E-state index in [0.29, 0.717) is 12.8 Å². The van der Waals surface area contributed by atoms with Crippen LogP contribution in [0.25, 0.3) is 0 Å². The molecule has 0 atom stereocenters. The Morgan fingerprint density at radius 2 is 0.771 bits per heavy atom. The molecular weight excluding hydrogens is 523 g/mol. The summed E-state index contributed by atoms with van der Waals surface area (Å²) in [6, 6.07) is -1.25. The normalized spacial score (nSPS) is 12.9. The molecule has 0 aromatic rings. The van der Waals surface area contributed by atoms with Crippen molar-refractivity contribution in [1.82, 2.24) is 0 Å². The van der Waals surface area contributed by atoms with Crippen molar-refractivity contribution in [2.75, 3.05) is 0 Å². The summed E-state index contributed by atoms with van der Waals surface area (Å²) in [4.78, 5) is 33.6. The van der Waals surface area contributed by atoms with Gasteiger partial charge in [-0.1, -0.05) is 71.1 Å². The number of unbranched alkanes of at least 4 members (excludes halogenated alkanes) is 10. The van der Waals surface area contributed by atoms with Crippen molar-refractivity contribution in [3.05, 3.63) is 0 Å². The summed E-state index contributed by atoms with van der Waals surface area (Å²) in [5.74, 6) is -9.80. The molecule has 0 N–H and O–H groups in total. The largest absolute Gasteiger partial charge is 0.705 e. The van der Waals surface area contributed by atoms with E-state index in [-0.39, 0.29) is 6.42 Å². The minimum absolute atomic E-state index is 0.0568. The van der Waals surface area contributed by atoms with Gasteiger partial charge in [-0.2, -0.15) is 39.5 Å². The molecule has 0 aromatic heterocycles. The quantitative estimate of drug-likeness (QED) is 0.131. The number of rotatable bonds is 15. The summed E-state index contributed by atoms with van der Waals surface area (Å²) in [5, 5.41) is 0. The van der Waals surface area contributed by atoms with Gasteiger partial charge in [0.25, 0.3) is 0 Å². The van der Waals surface area contributed by atoms with Crippen molar-refractivity contribution >= 4 is 26.7 Å². The number of alkyl halides is 9. The molecule has 0 spiro atoms. The van der Waals surface area contributed by atoms with Crippen molar-refractivity contribution < 1.29 is 67.2 Å². The minimum atomic E-state index is -6.12. The van der Waals surface area contributed by atoms with E-state index in [9.17, 15) is 53.9 Å². The summed E-state index contributed by atoms with van der Waals surface area (Å²) in [5.41, 5.74) is 0. The first-order chi connectivity index (χ1) is 15.9. The Labute approximate surface area is 196 Å². The van der Waals surface area contributed by atoms with Crippen molar-refractivity contribution in [2.45, 2.75) is 102 Å². The van der Waals surface area contributed by atoms with E-state index in [1.165, 1.54) is 0 Å². The second kappa shape index (κ2) is 14.5. The fraction of sp³-hybridized carbons (Fsp3) is 0.842. The first-order valence-corrected chi connectivity index (χ1v) is 12.8. The predicted molar refractivity (Wildman–Crippen MR) is 103 cm³/mol. The van der Waals surface area contributed by atoms with Gasteiger partial charge in [0.05, 0.1) is 6.04 Å². The van der Waals surface area contributed by atoms with Crippen LogP contribution in [-0.2, 0) is 27.7 Å². The lowest BCUT2D eigenvalue weighted by molar-refractivity contribution is -0.209. The van der Waals surface area contributed by atoms with Crippen LogP contribution in [0, 0.1) is 0 Å². The Morgan fingerprint density at radius 3 is 1.03 bits per heavy atom. The average Bonchev–Trinajstić information content (AvgIpc) is 2.69. The first-order valence-electron chi connectivity index (χ1n) is 10.8. The van der Waals surface area contributed by atoms with E-state index in [1.807, 2.05) is 0 Å². The summed E-state index contributed by atoms with van der Waals surface area (Å²) < 4.78 is 125. The lowest BCUT2D eigenvalue weighted by atomic mass is 10.1. The smallest absolute Gasteiger partial charge is 0.448 e. The molecule has 0 aliphatic carbocycles. The highest BCUT2D eigenvalue weighted by atomic mass is 28.4. The highest BCUT2D eigenvalue weighted by Crippen LogP contribution is 2.31. The molecule has 0 saturated carbocycles. The van der Waals surface area contributed by atoms with Crippen LogP contribution in [0.5, 0.6) is 0 Å². The van der Waals surface area contributed by atoms with Crippen LogP contribution >= 0.6 is 0 Å². The molecule has 0 bridgehead atoms. The summed E-state index contributed by atoms with van der Waals surface area (Å²) in [6.45, 7) is 2.07. The highest BCUT2D eigenvalue weighted by molar-refractivity contribution is 6.65. The monoisotopic (exact) mass is 550 g/mol. The molecule has 0 aliphatic heterocycles. The van der Waals surface area contributed by atoms with Crippen LogP contribution in [0.3, 0.4) is 0 Å². The van der Waals surface area contributed by atoms with Gasteiger partial charge in [0.15, 0.2) is 0 Å². The van der Waals surface area contributed by atoms with Gasteiger partial charge in [-0.25, -0.2) is 14.4 Å². The molecule has 6 nitrogen and oxygen atoms in total. The van der Waals surface area contributed by atoms with E-state index in [2.05, 4.69) is 20.2 Å². The van der Waals surface area contributed by atoms with E-state index in [4.69, 9.17) is 0 Å². The minimum Gasteiger partial charge on any atom is -0.448 e. The molecule has 35 heavy (non-hydrogen) atoms. The maximum absolute atomic E-state index is 12.6. The van der Waals surface area contributed by atoms with Crippen molar-refractivity contribution in [2.24, 2.45) is 0 Å². The van der Waals surface area contributed by atoms with Gasteiger partial charge < -0.3 is 13.3 Å². The first kappa shape index (κ1) is 33.0. The molecule has 0 saturated heterocycles. The number of hydrogen-bond donors (Lipinski definition) is 0. The van der Waals surface area contributed by atoms with E-state index < -0.39 is 57.7 Å². The molecule has 0 unspecified atom stereocenters. The van der Waals surface area contributed by atoms with E-state index in [0.717, 1.165) is 44.9 Å². The maximum Gasteiger partial charge on any atom is 0.705 e. The molecule has 206 valence electrons. The van der Waals surface area contributed by atoms with Crippen LogP contribution in [0.2, 0.25) is 6.04 Å². The second-order valence-electron chi connectivity index (χ2n) is 7.63. The van der Waals surface area contributed by atoms with Crippen molar-refractivity contribution in [1.29, 1.82) is 0 Å². The van der Waals surface area contributed by atoms with Crippen LogP contribution in [0.1, 0.15) is 77.6 Å². The zero-order valence-corrected chi connectivity index (χ0v) is 19.8. The SMILES string of the molecule is CCCCCCCCCCCCC[Si](OC(=O)C(F)(F)F)(OC(=O)C(F)(F)F)OC(=O)C(F)(F)F. The summed E-state index contributed by atoms with van der Waals surface area (Å²) in [6.07, 6.45) is -10.1. The Morgan fingerprint density at radius 1 is 0.514 bits per heavy atom. The zero-order valence-electron chi connectivity index (χ0n) is 18.8. The lowest BCUT2D eigenvalue weighted by Gasteiger charge is -2.28. The summed E-state index contributed by atoms with van der Waals surface area (Å²) in [7, 11) is -6.12. The predicted octanol–water partition coefficient (Wildman–Crippen LogP) is 6.55. The third-order valence-electron chi connectivity index (χ3n) is 4.53. The van der Waals surface area contributed by atoms with E-state index in [1.54, 1.807) is 0 Å². The topological polar surface area (TPSA) is 78.9 Å². The average molecular weight is 550 g/mol. The molecule has 0 aromatic carbocycles. The van der Waals surface area contributed by atoms with Gasteiger partial charge in [-0.05, 0) is 6.42 Å². The molecule has 0 amide bonds. The fourth-order valence-corrected chi connectivity index (χ4v) is 5.13. The Bertz CT molecular complexity index is 608. The third kappa shape index (κ3) is 14.2. The number of carbonyl (C=O) groups is 3. The standard InChI is InChI=1S/C19H27F9O6Si/c1-2-3-4-5-6-7-8-9-10-11-12-13-35(32-14(29)17(20,21)22,33-15(30)18(23,24)25)34-16(31)19(26,27)28/h2-13H2,1H3. The molecule has 16 heteroatoms. The second-order valence-corrected chi connectivity index (χ2v) is 10.1. The number of carbonyl (C=O) groups excluding carboxylic acids is 3. The zero-order chi connectivity index (χ0) is 27.3. The lowest BCUT2D eigenvalue weighted by Crippen LogP contribution is -2.55. The van der Waals surface area contributed by atoms with Crippen molar-refractivity contribution in [3.63, 3.8) is 0 Å². The Hall–Kier alpha value is -2.00. The summed E-state index contributed by atoms with van der Waals surface area (Å²) >= 11 is 0. The molecule has 0 rings (SSSR count). The number of hydrogen-bond acceptors (Lipinski definition) is 6. The molecular formula is C19H27F9O6Si. The Balaban J connectivity index is 5.30. The maximum atomic E-state index is 12.6. The fourth-order valence-electron chi connectivity index (χ4n) is 2.82. The van der Waals surface area contributed by atoms with Crippen LogP contribution < -0.4 is 0 Å². The van der Waals surface area contributed by atoms with Gasteiger partial charge in [-0.3, -0.25) is 0 Å². The molecule has 0 radical (unpaired) electrons. The van der Waals surface area contributed by atoms with E-state index >= 15 is 0 Å². The Kier molecular flexibility index (Phi) is 13.7. The van der Waals surface area contributed by atoms with Crippen LogP contribution in [-0.4, -0.2) is 45.2 Å². The van der Waals surface area contributed by atoms with Gasteiger partial charge in [0.1, 0.15) is 0 Å². The van der Waals surface area contributed by atoms with Crippen LogP contribution in [0.15, 0.2) is 0 Å². The molecule has 0 fully saturated rings. The molecule has 0 heterocycles. The molecule has 0 aliphatic rings. The van der Waals surface area contributed by atoms with Gasteiger partial charge in [-0.15, -0.1) is 0 Å². The van der Waals surface area contributed by atoms with Crippen molar-refractivity contribution in [3.8, 4) is 0 Å². The third-order valence-corrected chi connectivity index (χ3v) is 6.98. The van der Waals surface area contributed by atoms with Gasteiger partial charge in [0, 0.05) is 0 Å².